The van der Waals surface area contributed by atoms with Crippen LogP contribution in [0.5, 0.6) is 11.5 Å². The number of ether oxygens (including phenoxy) is 2. The van der Waals surface area contributed by atoms with Crippen molar-refractivity contribution in [2.24, 2.45) is 5.16 Å². The zero-order valence-corrected chi connectivity index (χ0v) is 15.9. The van der Waals surface area contributed by atoms with Gasteiger partial charge in [-0.25, -0.2) is 4.79 Å². The highest BCUT2D eigenvalue weighted by Crippen LogP contribution is 2.31. The minimum atomic E-state index is -0.962. The van der Waals surface area contributed by atoms with Crippen molar-refractivity contribution in [2.45, 2.75) is 13.2 Å². The van der Waals surface area contributed by atoms with Crippen LogP contribution in [-0.2, 0) is 18.1 Å². The Bertz CT molecular complexity index is 968. The number of carboxylic acids is 1. The molecular formula is C23H21NO5. The molecule has 0 aromatic heterocycles. The zero-order chi connectivity index (χ0) is 20.5. The van der Waals surface area contributed by atoms with Gasteiger partial charge < -0.3 is 19.4 Å². The number of hydrogen-bond acceptors (Lipinski definition) is 5. The van der Waals surface area contributed by atoms with Gasteiger partial charge in [-0.1, -0.05) is 53.7 Å². The number of carbonyl (C=O) groups is 1. The number of rotatable bonds is 9. The molecule has 0 saturated heterocycles. The van der Waals surface area contributed by atoms with Crippen LogP contribution in [0.2, 0.25) is 0 Å². The molecule has 0 atom stereocenters. The van der Waals surface area contributed by atoms with Gasteiger partial charge in [-0.15, -0.1) is 0 Å². The number of oxime groups is 1. The van der Waals surface area contributed by atoms with E-state index in [-0.39, 0.29) is 12.2 Å². The molecule has 0 unspecified atom stereocenters. The first-order valence-corrected chi connectivity index (χ1v) is 8.98. The number of para-hydroxylation sites is 1. The summed E-state index contributed by atoms with van der Waals surface area (Å²) in [6, 6.07) is 21.8. The van der Waals surface area contributed by atoms with Crippen LogP contribution in [0.3, 0.4) is 0 Å². The normalized spacial score (nSPS) is 10.7. The Morgan fingerprint density at radius 2 is 1.66 bits per heavy atom. The van der Waals surface area contributed by atoms with Gasteiger partial charge in [0.2, 0.25) is 0 Å². The van der Waals surface area contributed by atoms with Crippen LogP contribution in [0.4, 0.5) is 0 Å². The Kier molecular flexibility index (Phi) is 6.84. The highest BCUT2D eigenvalue weighted by Gasteiger charge is 2.10. The van der Waals surface area contributed by atoms with Gasteiger partial charge in [-0.05, 0) is 35.4 Å². The van der Waals surface area contributed by atoms with E-state index in [4.69, 9.17) is 19.4 Å². The molecule has 3 aromatic rings. The summed E-state index contributed by atoms with van der Waals surface area (Å²) in [6.07, 6.45) is 1.58. The number of carboxylic acid groups (broad SMARTS) is 1. The highest BCUT2D eigenvalue weighted by molar-refractivity contribution is 5.87. The van der Waals surface area contributed by atoms with Crippen molar-refractivity contribution >= 4 is 12.2 Å². The van der Waals surface area contributed by atoms with E-state index >= 15 is 0 Å². The van der Waals surface area contributed by atoms with E-state index in [2.05, 4.69) is 5.16 Å². The molecule has 1 N–H and O–H groups in total. The first kappa shape index (κ1) is 19.9. The lowest BCUT2D eigenvalue weighted by molar-refractivity contribution is 0.0697. The van der Waals surface area contributed by atoms with E-state index in [1.165, 1.54) is 0 Å². The molecule has 3 aromatic carbocycles. The van der Waals surface area contributed by atoms with Crippen LogP contribution in [0, 0.1) is 0 Å². The fraction of sp³-hybridized carbons (Fsp3) is 0.130. The molecule has 0 radical (unpaired) electrons. The molecule has 6 nitrogen and oxygen atoms in total. The second-order valence-corrected chi connectivity index (χ2v) is 6.16. The quantitative estimate of drug-likeness (QED) is 0.429. The van der Waals surface area contributed by atoms with Gasteiger partial charge in [0.1, 0.15) is 13.2 Å². The van der Waals surface area contributed by atoms with E-state index in [0.29, 0.717) is 23.7 Å². The van der Waals surface area contributed by atoms with Gasteiger partial charge >= 0.3 is 5.97 Å². The molecule has 0 saturated carbocycles. The number of nitrogens with zero attached hydrogens (tertiary/aromatic N) is 1. The molecule has 0 aliphatic rings. The number of aromatic carboxylic acids is 1. The predicted octanol–water partition coefficient (Wildman–Crippen LogP) is 4.52. The molecule has 29 heavy (non-hydrogen) atoms. The predicted molar refractivity (Wildman–Crippen MR) is 110 cm³/mol. The molecule has 0 bridgehead atoms. The Hall–Kier alpha value is -3.80. The van der Waals surface area contributed by atoms with Crippen LogP contribution >= 0.6 is 0 Å². The number of benzene rings is 3. The summed E-state index contributed by atoms with van der Waals surface area (Å²) < 4.78 is 11.3. The highest BCUT2D eigenvalue weighted by atomic mass is 16.6. The van der Waals surface area contributed by atoms with Crippen molar-refractivity contribution in [3.63, 3.8) is 0 Å². The second kappa shape index (κ2) is 9.94. The van der Waals surface area contributed by atoms with Crippen molar-refractivity contribution in [2.75, 3.05) is 7.11 Å². The van der Waals surface area contributed by atoms with Crippen LogP contribution < -0.4 is 9.47 Å². The topological polar surface area (TPSA) is 77.3 Å². The lowest BCUT2D eigenvalue weighted by Crippen LogP contribution is -2.02. The zero-order valence-electron chi connectivity index (χ0n) is 15.9. The molecule has 0 heterocycles. The number of methoxy groups -OCH3 is 1. The number of hydrogen-bond donors (Lipinski definition) is 1. The van der Waals surface area contributed by atoms with Crippen molar-refractivity contribution in [3.8, 4) is 11.5 Å². The fourth-order valence-electron chi connectivity index (χ4n) is 2.63. The summed E-state index contributed by atoms with van der Waals surface area (Å²) in [7, 11) is 1.57. The largest absolute Gasteiger partial charge is 0.493 e. The maximum Gasteiger partial charge on any atom is 0.335 e. The van der Waals surface area contributed by atoms with Gasteiger partial charge in [0.25, 0.3) is 0 Å². The third kappa shape index (κ3) is 5.59. The first-order chi connectivity index (χ1) is 14.2. The Morgan fingerprint density at radius 1 is 0.931 bits per heavy atom. The average Bonchev–Trinajstić information content (AvgIpc) is 2.76. The van der Waals surface area contributed by atoms with Gasteiger partial charge in [0, 0.05) is 5.56 Å². The SMILES string of the molecule is COc1cccc(/C=N\OCc2ccccc2)c1OCc1ccc(C(=O)O)cc1. The average molecular weight is 391 g/mol. The summed E-state index contributed by atoms with van der Waals surface area (Å²) >= 11 is 0. The summed E-state index contributed by atoms with van der Waals surface area (Å²) in [5.41, 5.74) is 2.80. The van der Waals surface area contributed by atoms with Crippen LogP contribution in [-0.4, -0.2) is 24.4 Å². The minimum Gasteiger partial charge on any atom is -0.493 e. The summed E-state index contributed by atoms with van der Waals surface area (Å²) in [6.45, 7) is 0.624. The van der Waals surface area contributed by atoms with Crippen molar-refractivity contribution < 1.29 is 24.2 Å². The summed E-state index contributed by atoms with van der Waals surface area (Å²) in [4.78, 5) is 16.3. The maximum absolute atomic E-state index is 11.0. The van der Waals surface area contributed by atoms with Crippen LogP contribution in [0.15, 0.2) is 78.0 Å². The van der Waals surface area contributed by atoms with Crippen molar-refractivity contribution in [1.29, 1.82) is 0 Å². The Labute approximate surface area is 169 Å². The molecule has 148 valence electrons. The smallest absolute Gasteiger partial charge is 0.335 e. The van der Waals surface area contributed by atoms with Crippen molar-refractivity contribution in [3.05, 3.63) is 95.1 Å². The van der Waals surface area contributed by atoms with Gasteiger partial charge in [-0.3, -0.25) is 0 Å². The third-order valence-electron chi connectivity index (χ3n) is 4.15. The van der Waals surface area contributed by atoms with E-state index < -0.39 is 5.97 Å². The molecule has 0 spiro atoms. The van der Waals surface area contributed by atoms with Crippen molar-refractivity contribution in [1.82, 2.24) is 0 Å². The fourth-order valence-corrected chi connectivity index (χ4v) is 2.63. The maximum atomic E-state index is 11.0. The minimum absolute atomic E-state index is 0.231. The van der Waals surface area contributed by atoms with Gasteiger partial charge in [0.05, 0.1) is 18.9 Å². The molecular weight excluding hydrogens is 370 g/mol. The second-order valence-electron chi connectivity index (χ2n) is 6.16. The van der Waals surface area contributed by atoms with E-state index in [9.17, 15) is 4.79 Å². The van der Waals surface area contributed by atoms with E-state index in [1.807, 2.05) is 42.5 Å². The lowest BCUT2D eigenvalue weighted by Gasteiger charge is -2.13. The molecule has 0 fully saturated rings. The first-order valence-electron chi connectivity index (χ1n) is 8.98. The van der Waals surface area contributed by atoms with Gasteiger partial charge in [0.15, 0.2) is 11.5 Å². The van der Waals surface area contributed by atoms with Gasteiger partial charge in [-0.2, -0.15) is 0 Å². The Morgan fingerprint density at radius 3 is 2.34 bits per heavy atom. The standard InChI is InChI=1S/C23H21NO5/c1-27-21-9-5-8-20(14-24-29-16-17-6-3-2-4-7-17)22(21)28-15-18-10-12-19(13-11-18)23(25)26/h2-14H,15-16H2,1H3,(H,25,26)/b24-14-. The lowest BCUT2D eigenvalue weighted by atomic mass is 10.1. The third-order valence-corrected chi connectivity index (χ3v) is 4.15. The molecule has 0 amide bonds. The molecule has 0 aliphatic heterocycles. The van der Waals surface area contributed by atoms with E-state index in [0.717, 1.165) is 11.1 Å². The van der Waals surface area contributed by atoms with Crippen LogP contribution in [0.25, 0.3) is 0 Å². The molecule has 6 heteroatoms. The van der Waals surface area contributed by atoms with E-state index in [1.54, 1.807) is 43.7 Å². The molecule has 0 aliphatic carbocycles. The molecule has 3 rings (SSSR count). The summed E-state index contributed by atoms with van der Waals surface area (Å²) in [5, 5.41) is 13.0. The Balaban J connectivity index is 1.68. The van der Waals surface area contributed by atoms with Crippen LogP contribution in [0.1, 0.15) is 27.0 Å². The summed E-state index contributed by atoms with van der Waals surface area (Å²) in [5.74, 6) is 0.139. The monoisotopic (exact) mass is 391 g/mol.